The molecule has 0 amide bonds. The molecule has 0 atom stereocenters. The number of pyridine rings is 1. The molecule has 1 aliphatic rings. The van der Waals surface area contributed by atoms with Crippen molar-refractivity contribution < 1.29 is 0 Å². The van der Waals surface area contributed by atoms with E-state index in [2.05, 4.69) is 91.4 Å². The van der Waals surface area contributed by atoms with Gasteiger partial charge in [-0.05, 0) is 69.7 Å². The third kappa shape index (κ3) is 5.57. The maximum atomic E-state index is 5.20. The van der Waals surface area contributed by atoms with E-state index in [-0.39, 0.29) is 5.54 Å². The predicted molar refractivity (Wildman–Crippen MR) is 152 cm³/mol. The van der Waals surface area contributed by atoms with Crippen LogP contribution >= 0.6 is 0 Å². The zero-order valence-corrected chi connectivity index (χ0v) is 22.4. The summed E-state index contributed by atoms with van der Waals surface area (Å²) in [6.07, 6.45) is 7.44. The number of aromatic nitrogens is 3. The van der Waals surface area contributed by atoms with Crippen LogP contribution in [0.5, 0.6) is 0 Å². The first-order chi connectivity index (χ1) is 17.4. The summed E-state index contributed by atoms with van der Waals surface area (Å²) in [5.74, 6) is 2.91. The Morgan fingerprint density at radius 1 is 0.972 bits per heavy atom. The van der Waals surface area contributed by atoms with Gasteiger partial charge in [0.2, 0.25) is 0 Å². The number of unbranched alkanes of at least 4 members (excludes halogenated alkanes) is 1. The van der Waals surface area contributed by atoms with Crippen LogP contribution in [0.1, 0.15) is 76.8 Å². The number of benzene rings is 2. The molecule has 1 aliphatic carbocycles. The molecule has 36 heavy (non-hydrogen) atoms. The van der Waals surface area contributed by atoms with Crippen LogP contribution in [-0.2, 0) is 19.5 Å². The molecule has 0 bridgehead atoms. The molecule has 190 valence electrons. The second kappa shape index (κ2) is 10.6. The normalized spacial score (nSPS) is 14.4. The van der Waals surface area contributed by atoms with E-state index >= 15 is 0 Å². The lowest BCUT2D eigenvalue weighted by molar-refractivity contribution is 0.301. The third-order valence-corrected chi connectivity index (χ3v) is 7.26. The van der Waals surface area contributed by atoms with E-state index in [0.717, 1.165) is 67.5 Å². The van der Waals surface area contributed by atoms with Gasteiger partial charge in [0.25, 0.3) is 0 Å². The van der Waals surface area contributed by atoms with Crippen LogP contribution in [0.3, 0.4) is 0 Å². The fourth-order valence-electron chi connectivity index (χ4n) is 5.08. The number of hydrogen-bond acceptors (Lipinski definition) is 4. The van der Waals surface area contributed by atoms with Crippen molar-refractivity contribution in [3.05, 3.63) is 65.5 Å². The van der Waals surface area contributed by atoms with Crippen molar-refractivity contribution in [3.63, 3.8) is 0 Å². The Labute approximate surface area is 215 Å². The lowest BCUT2D eigenvalue weighted by Gasteiger charge is -2.25. The average molecular weight is 484 g/mol. The van der Waals surface area contributed by atoms with Crippen molar-refractivity contribution >= 4 is 27.8 Å². The van der Waals surface area contributed by atoms with E-state index in [1.54, 1.807) is 0 Å². The summed E-state index contributed by atoms with van der Waals surface area (Å²) in [4.78, 5) is 10.2. The maximum absolute atomic E-state index is 5.20. The van der Waals surface area contributed by atoms with Crippen molar-refractivity contribution in [3.8, 4) is 0 Å². The lowest BCUT2D eigenvalue weighted by Crippen LogP contribution is -2.26. The molecule has 0 saturated heterocycles. The first-order valence-electron chi connectivity index (χ1n) is 13.8. The highest BCUT2D eigenvalue weighted by Gasteiger charge is 2.21. The molecule has 0 unspecified atom stereocenters. The minimum atomic E-state index is -0.0990. The van der Waals surface area contributed by atoms with Gasteiger partial charge >= 0.3 is 0 Å². The standard InChI is InChI=1S/C31H41N5/c1-5-6-14-27-34-28-29(25-12-7-8-13-26(25)33-30(28)35-31(2,3)4)36(27)21-24-17-15-23(16-18-24)20-32-19-22-10-9-11-22/h7-8,12-13,15-18,22,32H,5-6,9-11,14,19-21H2,1-4H3,(H,33,35). The van der Waals surface area contributed by atoms with Gasteiger partial charge in [-0.2, -0.15) is 0 Å². The molecule has 0 radical (unpaired) electrons. The zero-order valence-electron chi connectivity index (χ0n) is 22.4. The Morgan fingerprint density at radius 2 is 1.72 bits per heavy atom. The largest absolute Gasteiger partial charge is 0.364 e. The van der Waals surface area contributed by atoms with E-state index in [0.29, 0.717) is 0 Å². The molecule has 2 N–H and O–H groups in total. The van der Waals surface area contributed by atoms with E-state index < -0.39 is 0 Å². The van der Waals surface area contributed by atoms with Gasteiger partial charge in [0, 0.05) is 30.4 Å². The number of nitrogens with zero attached hydrogens (tertiary/aromatic N) is 3. The third-order valence-electron chi connectivity index (χ3n) is 7.26. The van der Waals surface area contributed by atoms with Crippen LogP contribution in [-0.4, -0.2) is 26.6 Å². The number of anilines is 1. The van der Waals surface area contributed by atoms with Gasteiger partial charge in [0.15, 0.2) is 5.82 Å². The van der Waals surface area contributed by atoms with Crippen LogP contribution in [0, 0.1) is 5.92 Å². The van der Waals surface area contributed by atoms with Crippen LogP contribution in [0.2, 0.25) is 0 Å². The second-order valence-electron chi connectivity index (χ2n) is 11.5. The molecule has 1 saturated carbocycles. The first-order valence-corrected chi connectivity index (χ1v) is 13.8. The van der Waals surface area contributed by atoms with Crippen LogP contribution in [0.4, 0.5) is 5.82 Å². The molecular formula is C31H41N5. The minimum absolute atomic E-state index is 0.0990. The number of nitrogens with one attached hydrogen (secondary N) is 2. The highest BCUT2D eigenvalue weighted by molar-refractivity contribution is 6.07. The number of para-hydroxylation sites is 1. The monoisotopic (exact) mass is 483 g/mol. The Balaban J connectivity index is 1.49. The van der Waals surface area contributed by atoms with Crippen LogP contribution < -0.4 is 10.6 Å². The average Bonchev–Trinajstić information content (AvgIpc) is 3.18. The van der Waals surface area contributed by atoms with Crippen LogP contribution in [0.25, 0.3) is 21.9 Å². The van der Waals surface area contributed by atoms with Gasteiger partial charge < -0.3 is 15.2 Å². The maximum Gasteiger partial charge on any atom is 0.155 e. The molecule has 5 heteroatoms. The highest BCUT2D eigenvalue weighted by atomic mass is 15.1. The summed E-state index contributed by atoms with van der Waals surface area (Å²) >= 11 is 0. The quantitative estimate of drug-likeness (QED) is 0.253. The molecule has 5 rings (SSSR count). The van der Waals surface area contributed by atoms with Crippen molar-refractivity contribution in [2.75, 3.05) is 11.9 Å². The lowest BCUT2D eigenvalue weighted by atomic mass is 9.85. The fourth-order valence-corrected chi connectivity index (χ4v) is 5.08. The molecule has 2 aromatic carbocycles. The zero-order chi connectivity index (χ0) is 25.1. The molecule has 0 aliphatic heterocycles. The first kappa shape index (κ1) is 24.8. The molecule has 2 aromatic heterocycles. The van der Waals surface area contributed by atoms with E-state index in [4.69, 9.17) is 9.97 Å². The Kier molecular flexibility index (Phi) is 7.29. The summed E-state index contributed by atoms with van der Waals surface area (Å²) in [6, 6.07) is 17.6. The molecule has 0 spiro atoms. The minimum Gasteiger partial charge on any atom is -0.364 e. The van der Waals surface area contributed by atoms with Crippen LogP contribution in [0.15, 0.2) is 48.5 Å². The molecular weight excluding hydrogens is 442 g/mol. The molecule has 4 aromatic rings. The highest BCUT2D eigenvalue weighted by Crippen LogP contribution is 2.32. The summed E-state index contributed by atoms with van der Waals surface area (Å²) in [5, 5.41) is 8.43. The molecule has 5 nitrogen and oxygen atoms in total. The predicted octanol–water partition coefficient (Wildman–Crippen LogP) is 7.08. The molecule has 1 fully saturated rings. The SMILES string of the molecule is CCCCc1nc2c(NC(C)(C)C)nc3ccccc3c2n1Cc1ccc(CNCC2CCC2)cc1. The summed E-state index contributed by atoms with van der Waals surface area (Å²) < 4.78 is 2.44. The second-order valence-corrected chi connectivity index (χ2v) is 11.5. The summed E-state index contributed by atoms with van der Waals surface area (Å²) in [7, 11) is 0. The smallest absolute Gasteiger partial charge is 0.155 e. The van der Waals surface area contributed by atoms with Crippen molar-refractivity contribution in [2.24, 2.45) is 5.92 Å². The Bertz CT molecular complexity index is 1310. The van der Waals surface area contributed by atoms with Crippen molar-refractivity contribution in [2.45, 2.75) is 84.8 Å². The van der Waals surface area contributed by atoms with Gasteiger partial charge in [0.05, 0.1) is 11.0 Å². The van der Waals surface area contributed by atoms with E-state index in [1.165, 1.54) is 41.3 Å². The Hall–Kier alpha value is -2.92. The number of rotatable bonds is 10. The van der Waals surface area contributed by atoms with Gasteiger partial charge in [-0.15, -0.1) is 0 Å². The van der Waals surface area contributed by atoms with Gasteiger partial charge in [-0.3, -0.25) is 0 Å². The summed E-state index contributed by atoms with van der Waals surface area (Å²) in [6.45, 7) is 11.7. The van der Waals surface area contributed by atoms with E-state index in [9.17, 15) is 0 Å². The summed E-state index contributed by atoms with van der Waals surface area (Å²) in [5.41, 5.74) is 5.73. The van der Waals surface area contributed by atoms with Gasteiger partial charge in [-0.25, -0.2) is 9.97 Å². The van der Waals surface area contributed by atoms with E-state index in [1.807, 2.05) is 0 Å². The van der Waals surface area contributed by atoms with Gasteiger partial charge in [-0.1, -0.05) is 62.2 Å². The molecule has 2 heterocycles. The number of imidazole rings is 1. The van der Waals surface area contributed by atoms with Gasteiger partial charge in [0.1, 0.15) is 11.3 Å². The van der Waals surface area contributed by atoms with Crippen molar-refractivity contribution in [1.82, 2.24) is 19.9 Å². The Morgan fingerprint density at radius 3 is 2.42 bits per heavy atom. The number of hydrogen-bond donors (Lipinski definition) is 2. The van der Waals surface area contributed by atoms with Crippen molar-refractivity contribution in [1.29, 1.82) is 0 Å². The topological polar surface area (TPSA) is 54.8 Å². The fraction of sp³-hybridized carbons (Fsp3) is 0.484. The number of fused-ring (bicyclic) bond motifs is 3. The number of aryl methyl sites for hydroxylation is 1.